The van der Waals surface area contributed by atoms with Gasteiger partial charge in [0, 0.05) is 23.4 Å². The minimum absolute atomic E-state index is 0.195. The van der Waals surface area contributed by atoms with Crippen molar-refractivity contribution >= 4 is 33.4 Å². The van der Waals surface area contributed by atoms with Gasteiger partial charge >= 0.3 is 0 Å². The zero-order valence-electron chi connectivity index (χ0n) is 10.1. The third-order valence-corrected chi connectivity index (χ3v) is 4.14. The molecular weight excluding hydrogens is 340 g/mol. The molecule has 0 aliphatic carbocycles. The summed E-state index contributed by atoms with van der Waals surface area (Å²) in [4.78, 5) is 13.7. The fourth-order valence-electron chi connectivity index (χ4n) is 2.28. The summed E-state index contributed by atoms with van der Waals surface area (Å²) < 4.78 is 27.8. The molecule has 104 valence electrons. The monoisotopic (exact) mass is 351 g/mol. The zero-order chi connectivity index (χ0) is 14.0. The minimum Gasteiger partial charge on any atom is -0.338 e. The molecule has 6 heteroatoms. The lowest BCUT2D eigenvalue weighted by Crippen LogP contribution is -2.41. The number of likely N-dealkylation sites (tertiary alicyclic amines) is 1. The molecule has 2 nitrogen and oxygen atoms in total. The van der Waals surface area contributed by atoms with Crippen LogP contribution in [0.25, 0.3) is 0 Å². The predicted molar refractivity (Wildman–Crippen MR) is 73.4 cm³/mol. The highest BCUT2D eigenvalue weighted by molar-refractivity contribution is 9.10. The van der Waals surface area contributed by atoms with Crippen molar-refractivity contribution in [3.8, 4) is 0 Å². The van der Waals surface area contributed by atoms with Crippen LogP contribution >= 0.6 is 27.5 Å². The number of amides is 1. The number of rotatable bonds is 2. The molecule has 1 aliphatic heterocycles. The number of piperidine rings is 1. The van der Waals surface area contributed by atoms with Gasteiger partial charge in [-0.3, -0.25) is 4.79 Å². The van der Waals surface area contributed by atoms with E-state index in [9.17, 15) is 13.6 Å². The lowest BCUT2D eigenvalue weighted by atomic mass is 9.99. The van der Waals surface area contributed by atoms with Crippen LogP contribution in [0.1, 0.15) is 23.2 Å². The fraction of sp³-hybridized carbons (Fsp3) is 0.462. The van der Waals surface area contributed by atoms with E-state index in [1.54, 1.807) is 0 Å². The van der Waals surface area contributed by atoms with Crippen LogP contribution < -0.4 is 0 Å². The summed E-state index contributed by atoms with van der Waals surface area (Å²) in [6, 6.07) is 2.19. The molecule has 0 N–H and O–H groups in total. The Morgan fingerprint density at radius 3 is 2.63 bits per heavy atom. The maximum absolute atomic E-state index is 13.8. The number of halogens is 4. The van der Waals surface area contributed by atoms with E-state index in [2.05, 4.69) is 15.9 Å². The largest absolute Gasteiger partial charge is 0.338 e. The Labute approximate surface area is 123 Å². The number of benzene rings is 1. The highest BCUT2D eigenvalue weighted by Crippen LogP contribution is 2.24. The number of carbonyl (C=O) groups is 1. The van der Waals surface area contributed by atoms with Gasteiger partial charge in [-0.05, 0) is 30.9 Å². The van der Waals surface area contributed by atoms with Gasteiger partial charge < -0.3 is 4.90 Å². The van der Waals surface area contributed by atoms with E-state index in [1.165, 1.54) is 4.90 Å². The van der Waals surface area contributed by atoms with Crippen LogP contribution in [0.15, 0.2) is 16.6 Å². The lowest BCUT2D eigenvalue weighted by molar-refractivity contribution is 0.0675. The van der Waals surface area contributed by atoms with E-state index in [-0.39, 0.29) is 10.4 Å². The van der Waals surface area contributed by atoms with E-state index in [0.717, 1.165) is 25.0 Å². The van der Waals surface area contributed by atoms with Crippen molar-refractivity contribution in [3.63, 3.8) is 0 Å². The van der Waals surface area contributed by atoms with Gasteiger partial charge in [0.2, 0.25) is 0 Å². The first-order chi connectivity index (χ1) is 9.02. The number of alkyl halides is 1. The molecule has 0 saturated carbocycles. The van der Waals surface area contributed by atoms with Crippen LogP contribution in [0.4, 0.5) is 8.78 Å². The molecule has 0 aromatic heterocycles. The van der Waals surface area contributed by atoms with Crippen molar-refractivity contribution in [2.75, 3.05) is 19.0 Å². The summed E-state index contributed by atoms with van der Waals surface area (Å²) in [7, 11) is 0. The molecule has 1 aliphatic rings. The van der Waals surface area contributed by atoms with Crippen molar-refractivity contribution in [3.05, 3.63) is 33.8 Å². The molecule has 0 spiro atoms. The van der Waals surface area contributed by atoms with Crippen LogP contribution in [-0.2, 0) is 0 Å². The molecular formula is C13H13BrClF2NO. The maximum Gasteiger partial charge on any atom is 0.259 e. The second-order valence-electron chi connectivity index (χ2n) is 4.66. The Morgan fingerprint density at radius 2 is 2.05 bits per heavy atom. The Bertz CT molecular complexity index is 475. The van der Waals surface area contributed by atoms with Crippen molar-refractivity contribution in [2.45, 2.75) is 12.8 Å². The van der Waals surface area contributed by atoms with Crippen LogP contribution in [0.3, 0.4) is 0 Å². The average Bonchev–Trinajstić information content (AvgIpc) is 2.37. The summed E-state index contributed by atoms with van der Waals surface area (Å²) in [6.07, 6.45) is 1.75. The Morgan fingerprint density at radius 1 is 1.42 bits per heavy atom. The normalized spacial score (nSPS) is 19.6. The minimum atomic E-state index is -0.843. The van der Waals surface area contributed by atoms with Crippen LogP contribution in [0.2, 0.25) is 0 Å². The SMILES string of the molecule is O=C(c1c(F)cc(Br)cc1F)N1CCCC(CCl)C1. The fourth-order valence-corrected chi connectivity index (χ4v) is 2.93. The molecule has 1 aromatic carbocycles. The molecule has 0 bridgehead atoms. The Balaban J connectivity index is 2.24. The molecule has 2 rings (SSSR count). The summed E-state index contributed by atoms with van der Waals surface area (Å²) in [6.45, 7) is 0.971. The summed E-state index contributed by atoms with van der Waals surface area (Å²) in [5.74, 6) is -1.64. The highest BCUT2D eigenvalue weighted by Gasteiger charge is 2.28. The maximum atomic E-state index is 13.8. The number of hydrogen-bond donors (Lipinski definition) is 0. The second kappa shape index (κ2) is 6.18. The van der Waals surface area contributed by atoms with E-state index in [4.69, 9.17) is 11.6 Å². The quantitative estimate of drug-likeness (QED) is 0.741. The van der Waals surface area contributed by atoms with E-state index >= 15 is 0 Å². The molecule has 1 unspecified atom stereocenters. The molecule has 1 amide bonds. The molecule has 1 fully saturated rings. The van der Waals surface area contributed by atoms with Crippen LogP contribution in [-0.4, -0.2) is 29.8 Å². The molecule has 1 aromatic rings. The predicted octanol–water partition coefficient (Wildman–Crippen LogP) is 3.82. The zero-order valence-corrected chi connectivity index (χ0v) is 12.5. The third-order valence-electron chi connectivity index (χ3n) is 3.25. The first-order valence-corrected chi connectivity index (χ1v) is 7.35. The third kappa shape index (κ3) is 3.26. The lowest BCUT2D eigenvalue weighted by Gasteiger charge is -2.32. The van der Waals surface area contributed by atoms with Gasteiger partial charge in [0.25, 0.3) is 5.91 Å². The van der Waals surface area contributed by atoms with Crippen molar-refractivity contribution in [1.82, 2.24) is 4.90 Å². The standard InChI is InChI=1S/C13H13BrClF2NO/c14-9-4-10(16)12(11(17)5-9)13(19)18-3-1-2-8(6-15)7-18/h4-5,8H,1-3,6-7H2. The molecule has 1 saturated heterocycles. The summed E-state index contributed by atoms with van der Waals surface area (Å²) >= 11 is 8.78. The topological polar surface area (TPSA) is 20.3 Å². The number of hydrogen-bond acceptors (Lipinski definition) is 1. The number of nitrogens with zero attached hydrogens (tertiary/aromatic N) is 1. The summed E-state index contributed by atoms with van der Waals surface area (Å²) in [5, 5.41) is 0. The van der Waals surface area contributed by atoms with E-state index in [1.807, 2.05) is 0 Å². The molecule has 19 heavy (non-hydrogen) atoms. The number of carbonyl (C=O) groups excluding carboxylic acids is 1. The second-order valence-corrected chi connectivity index (χ2v) is 5.88. The van der Waals surface area contributed by atoms with Gasteiger partial charge in [-0.1, -0.05) is 15.9 Å². The Hall–Kier alpha value is -0.680. The molecule has 1 atom stereocenters. The van der Waals surface area contributed by atoms with Gasteiger partial charge in [-0.15, -0.1) is 11.6 Å². The van der Waals surface area contributed by atoms with Gasteiger partial charge in [0.1, 0.15) is 17.2 Å². The van der Waals surface area contributed by atoms with E-state index in [0.29, 0.717) is 19.0 Å². The smallest absolute Gasteiger partial charge is 0.259 e. The first-order valence-electron chi connectivity index (χ1n) is 6.02. The van der Waals surface area contributed by atoms with Gasteiger partial charge in [0.05, 0.1) is 0 Å². The van der Waals surface area contributed by atoms with Crippen LogP contribution in [0.5, 0.6) is 0 Å². The van der Waals surface area contributed by atoms with Gasteiger partial charge in [-0.2, -0.15) is 0 Å². The molecule has 0 radical (unpaired) electrons. The Kier molecular flexibility index (Phi) is 4.79. The highest BCUT2D eigenvalue weighted by atomic mass is 79.9. The first kappa shape index (κ1) is 14.7. The van der Waals surface area contributed by atoms with Crippen molar-refractivity contribution in [1.29, 1.82) is 0 Å². The average molecular weight is 353 g/mol. The summed E-state index contributed by atoms with van der Waals surface area (Å²) in [5.41, 5.74) is -0.488. The molecule has 1 heterocycles. The van der Waals surface area contributed by atoms with E-state index < -0.39 is 23.1 Å². The van der Waals surface area contributed by atoms with Crippen LogP contribution in [0, 0.1) is 17.6 Å². The van der Waals surface area contributed by atoms with Gasteiger partial charge in [-0.25, -0.2) is 8.78 Å². The van der Waals surface area contributed by atoms with Gasteiger partial charge in [0.15, 0.2) is 0 Å². The van der Waals surface area contributed by atoms with Crippen molar-refractivity contribution in [2.24, 2.45) is 5.92 Å². The van der Waals surface area contributed by atoms with Crippen molar-refractivity contribution < 1.29 is 13.6 Å².